The highest BCUT2D eigenvalue weighted by Gasteiger charge is 2.41. The fourth-order valence-electron chi connectivity index (χ4n) is 1.77. The lowest BCUT2D eigenvalue weighted by Crippen LogP contribution is -2.44. The number of thioether (sulfide) groups is 1. The second-order valence-corrected chi connectivity index (χ2v) is 5.09. The Balaban J connectivity index is 2.31. The van der Waals surface area contributed by atoms with Gasteiger partial charge in [-0.1, -0.05) is 18.2 Å². The van der Waals surface area contributed by atoms with Crippen molar-refractivity contribution in [1.29, 1.82) is 0 Å². The van der Waals surface area contributed by atoms with Crippen LogP contribution in [-0.4, -0.2) is 40.9 Å². The molecular formula is C12H13N3O3S. The number of anilines is 1. The van der Waals surface area contributed by atoms with E-state index in [9.17, 15) is 14.4 Å². The molecule has 1 aromatic carbocycles. The van der Waals surface area contributed by atoms with E-state index in [1.165, 1.54) is 11.9 Å². The van der Waals surface area contributed by atoms with Gasteiger partial charge < -0.3 is 10.6 Å². The minimum atomic E-state index is -0.743. The van der Waals surface area contributed by atoms with Crippen LogP contribution < -0.4 is 10.6 Å². The Hall–Kier alpha value is -2.02. The number of carbonyl (C=O) groups excluding carboxylic acids is 3. The third-order valence-electron chi connectivity index (χ3n) is 2.73. The molecule has 1 atom stereocenters. The summed E-state index contributed by atoms with van der Waals surface area (Å²) in [6, 6.07) is 8.93. The highest BCUT2D eigenvalue weighted by atomic mass is 32.2. The van der Waals surface area contributed by atoms with Crippen LogP contribution in [0.4, 0.5) is 10.5 Å². The number of para-hydroxylation sites is 1. The topological polar surface area (TPSA) is 83.7 Å². The normalized spacial score (nSPS) is 18.8. The molecule has 0 saturated carbocycles. The van der Waals surface area contributed by atoms with Crippen LogP contribution in [0, 0.1) is 0 Å². The molecular weight excluding hydrogens is 266 g/mol. The van der Waals surface area contributed by atoms with E-state index in [2.05, 4.69) is 0 Å². The molecule has 0 aliphatic carbocycles. The van der Waals surface area contributed by atoms with Crippen molar-refractivity contribution in [3.8, 4) is 0 Å². The standard InChI is InChI=1S/C12H13N3O3S/c1-14-10(17)11(19-12(14)18)15(7-9(13)16)8-5-3-2-4-6-8/h2-6,11H,7H2,1H3,(H2,13,16)/t11-/m0/s1. The van der Waals surface area contributed by atoms with Gasteiger partial charge in [-0.25, -0.2) is 0 Å². The number of hydrogen-bond donors (Lipinski definition) is 1. The Labute approximate surface area is 114 Å². The molecule has 2 N–H and O–H groups in total. The summed E-state index contributed by atoms with van der Waals surface area (Å²) in [5.74, 6) is -0.903. The highest BCUT2D eigenvalue weighted by molar-refractivity contribution is 8.15. The van der Waals surface area contributed by atoms with Gasteiger partial charge in [0.1, 0.15) is 0 Å². The van der Waals surface area contributed by atoms with Crippen molar-refractivity contribution in [3.63, 3.8) is 0 Å². The molecule has 19 heavy (non-hydrogen) atoms. The number of amides is 3. The zero-order chi connectivity index (χ0) is 14.0. The molecule has 7 heteroatoms. The van der Waals surface area contributed by atoms with Gasteiger partial charge in [-0.2, -0.15) is 0 Å². The molecule has 0 aromatic heterocycles. The zero-order valence-corrected chi connectivity index (χ0v) is 11.1. The number of hydrogen-bond acceptors (Lipinski definition) is 5. The van der Waals surface area contributed by atoms with Gasteiger partial charge in [-0.15, -0.1) is 0 Å². The SMILES string of the molecule is CN1C(=O)S[C@H](N(CC(N)=O)c2ccccc2)C1=O. The van der Waals surface area contributed by atoms with Crippen molar-refractivity contribution < 1.29 is 14.4 Å². The summed E-state index contributed by atoms with van der Waals surface area (Å²) in [6.07, 6.45) is 0. The summed E-state index contributed by atoms with van der Waals surface area (Å²) >= 11 is 0.882. The summed E-state index contributed by atoms with van der Waals surface area (Å²) in [5, 5.41) is -1.08. The molecule has 0 unspecified atom stereocenters. The van der Waals surface area contributed by atoms with Gasteiger partial charge in [0.15, 0.2) is 5.37 Å². The molecule has 1 heterocycles. The van der Waals surface area contributed by atoms with Crippen LogP contribution in [-0.2, 0) is 9.59 Å². The van der Waals surface area contributed by atoms with Crippen LogP contribution in [0.15, 0.2) is 30.3 Å². The van der Waals surface area contributed by atoms with Crippen molar-refractivity contribution in [2.75, 3.05) is 18.5 Å². The van der Waals surface area contributed by atoms with Crippen LogP contribution in [0.25, 0.3) is 0 Å². The average molecular weight is 279 g/mol. The molecule has 1 aliphatic heterocycles. The predicted octanol–water partition coefficient (Wildman–Crippen LogP) is 0.630. The summed E-state index contributed by atoms with van der Waals surface area (Å²) in [4.78, 5) is 37.3. The predicted molar refractivity (Wildman–Crippen MR) is 72.5 cm³/mol. The largest absolute Gasteiger partial charge is 0.368 e. The monoisotopic (exact) mass is 279 g/mol. The van der Waals surface area contributed by atoms with E-state index in [0.29, 0.717) is 5.69 Å². The van der Waals surface area contributed by atoms with Crippen molar-refractivity contribution >= 4 is 34.5 Å². The van der Waals surface area contributed by atoms with E-state index in [1.54, 1.807) is 24.3 Å². The van der Waals surface area contributed by atoms with Crippen molar-refractivity contribution in [2.45, 2.75) is 5.37 Å². The van der Waals surface area contributed by atoms with Gasteiger partial charge in [0.2, 0.25) is 5.91 Å². The summed E-state index contributed by atoms with van der Waals surface area (Å²) in [7, 11) is 1.42. The maximum absolute atomic E-state index is 12.0. The number of imide groups is 1. The van der Waals surface area contributed by atoms with Crippen LogP contribution in [0.5, 0.6) is 0 Å². The fraction of sp³-hybridized carbons (Fsp3) is 0.250. The quantitative estimate of drug-likeness (QED) is 0.874. The molecule has 0 bridgehead atoms. The molecule has 100 valence electrons. The number of nitrogens with zero attached hydrogens (tertiary/aromatic N) is 2. The maximum atomic E-state index is 12.0. The van der Waals surface area contributed by atoms with Gasteiger partial charge in [0.05, 0.1) is 6.54 Å². The Bertz CT molecular complexity index is 520. The first-order valence-corrected chi connectivity index (χ1v) is 6.47. The minimum Gasteiger partial charge on any atom is -0.368 e. The van der Waals surface area contributed by atoms with E-state index in [4.69, 9.17) is 5.73 Å². The summed E-state index contributed by atoms with van der Waals surface area (Å²) < 4.78 is 0. The van der Waals surface area contributed by atoms with E-state index in [1.807, 2.05) is 6.07 Å². The minimum absolute atomic E-state index is 0.117. The van der Waals surface area contributed by atoms with Gasteiger partial charge in [0, 0.05) is 12.7 Å². The van der Waals surface area contributed by atoms with Crippen LogP contribution in [0.1, 0.15) is 0 Å². The Morgan fingerprint density at radius 3 is 2.47 bits per heavy atom. The molecule has 6 nitrogen and oxygen atoms in total. The number of primary amides is 1. The lowest BCUT2D eigenvalue weighted by atomic mass is 10.2. The zero-order valence-electron chi connectivity index (χ0n) is 10.3. The van der Waals surface area contributed by atoms with Gasteiger partial charge in [-0.3, -0.25) is 19.3 Å². The second-order valence-electron chi connectivity index (χ2n) is 4.06. The van der Waals surface area contributed by atoms with Gasteiger partial charge in [0.25, 0.3) is 11.1 Å². The third kappa shape index (κ3) is 2.70. The summed E-state index contributed by atoms with van der Waals surface area (Å²) in [5.41, 5.74) is 5.89. The molecule has 0 radical (unpaired) electrons. The Kier molecular flexibility index (Phi) is 3.75. The fourth-order valence-corrected chi connectivity index (χ4v) is 2.80. The Morgan fingerprint density at radius 1 is 1.37 bits per heavy atom. The molecule has 1 saturated heterocycles. The molecule has 0 spiro atoms. The number of likely N-dealkylation sites (N-methyl/N-ethyl adjacent to an activating group) is 1. The second kappa shape index (κ2) is 5.31. The maximum Gasteiger partial charge on any atom is 0.290 e. The van der Waals surface area contributed by atoms with E-state index in [0.717, 1.165) is 16.7 Å². The molecule has 3 amide bonds. The Morgan fingerprint density at radius 2 is 2.00 bits per heavy atom. The number of carbonyl (C=O) groups is 3. The number of benzene rings is 1. The van der Waals surface area contributed by atoms with E-state index >= 15 is 0 Å². The van der Waals surface area contributed by atoms with Gasteiger partial charge in [-0.05, 0) is 23.9 Å². The molecule has 2 rings (SSSR count). The van der Waals surface area contributed by atoms with Crippen molar-refractivity contribution in [3.05, 3.63) is 30.3 Å². The molecule has 1 aromatic rings. The molecule has 1 fully saturated rings. The van der Waals surface area contributed by atoms with Crippen LogP contribution in [0.3, 0.4) is 0 Å². The number of rotatable bonds is 4. The van der Waals surface area contributed by atoms with Crippen LogP contribution in [0.2, 0.25) is 0 Å². The highest BCUT2D eigenvalue weighted by Crippen LogP contribution is 2.31. The molecule has 1 aliphatic rings. The third-order valence-corrected chi connectivity index (χ3v) is 3.88. The van der Waals surface area contributed by atoms with Crippen molar-refractivity contribution in [1.82, 2.24) is 4.90 Å². The number of nitrogens with two attached hydrogens (primary N) is 1. The van der Waals surface area contributed by atoms with Crippen LogP contribution >= 0.6 is 11.8 Å². The first kappa shape index (κ1) is 13.4. The van der Waals surface area contributed by atoms with Gasteiger partial charge >= 0.3 is 0 Å². The van der Waals surface area contributed by atoms with E-state index < -0.39 is 11.3 Å². The van der Waals surface area contributed by atoms with E-state index in [-0.39, 0.29) is 17.7 Å². The summed E-state index contributed by atoms with van der Waals surface area (Å²) in [6.45, 7) is -0.117. The lowest BCUT2D eigenvalue weighted by Gasteiger charge is -2.27. The average Bonchev–Trinajstić information content (AvgIpc) is 2.64. The first-order valence-electron chi connectivity index (χ1n) is 5.59. The van der Waals surface area contributed by atoms with Crippen molar-refractivity contribution in [2.24, 2.45) is 5.73 Å². The lowest BCUT2D eigenvalue weighted by molar-refractivity contribution is -0.125. The first-order chi connectivity index (χ1) is 9.00. The smallest absolute Gasteiger partial charge is 0.290 e.